The predicted octanol–water partition coefficient (Wildman–Crippen LogP) is 5.89. The van der Waals surface area contributed by atoms with Crippen molar-refractivity contribution in [2.45, 2.75) is 100 Å². The first-order valence-corrected chi connectivity index (χ1v) is 15.2. The van der Waals surface area contributed by atoms with E-state index in [2.05, 4.69) is 20.9 Å². The van der Waals surface area contributed by atoms with Crippen molar-refractivity contribution in [2.75, 3.05) is 0 Å². The van der Waals surface area contributed by atoms with Crippen molar-refractivity contribution in [1.82, 2.24) is 30.4 Å². The molecule has 0 saturated heterocycles. The average Bonchev–Trinajstić information content (AvgIpc) is 3.87. The van der Waals surface area contributed by atoms with E-state index in [4.69, 9.17) is 9.51 Å². The Hall–Kier alpha value is -3.51. The predicted molar refractivity (Wildman–Crippen MR) is 144 cm³/mol. The maximum atomic E-state index is 14.1. The maximum Gasteiger partial charge on any atom is 0.274 e. The molecule has 2 N–H and O–H groups in total. The van der Waals surface area contributed by atoms with Crippen LogP contribution in [0.15, 0.2) is 29.2 Å². The lowest BCUT2D eigenvalue weighted by atomic mass is 9.79. The smallest absolute Gasteiger partial charge is 0.274 e. The molecule has 1 unspecified atom stereocenters. The summed E-state index contributed by atoms with van der Waals surface area (Å²) in [5.74, 6) is -6.18. The molecule has 4 fully saturated rings. The van der Waals surface area contributed by atoms with E-state index in [0.29, 0.717) is 11.3 Å². The maximum absolute atomic E-state index is 14.1. The van der Waals surface area contributed by atoms with E-state index < -0.39 is 23.8 Å². The number of hydrogen-bond donors (Lipinski definition) is 2. The molecular formula is C30H34F4N6O3. The van der Waals surface area contributed by atoms with Gasteiger partial charge in [-0.3, -0.25) is 9.59 Å². The van der Waals surface area contributed by atoms with Crippen LogP contribution in [0.5, 0.6) is 0 Å². The fraction of sp³-hybridized carbons (Fsp3) is 0.633. The first-order valence-electron chi connectivity index (χ1n) is 15.2. The minimum atomic E-state index is -2.73. The third-order valence-corrected chi connectivity index (χ3v) is 9.45. The number of carbonyl (C=O) groups excluding carboxylic acids is 2. The zero-order valence-electron chi connectivity index (χ0n) is 23.6. The highest BCUT2D eigenvalue weighted by Gasteiger charge is 2.46. The van der Waals surface area contributed by atoms with Gasteiger partial charge in [-0.2, -0.15) is 5.10 Å². The van der Waals surface area contributed by atoms with Gasteiger partial charge in [-0.05, 0) is 73.8 Å². The standard InChI is InChI=1S/C30H34F4N6O3/c31-29(32)7-5-19(6-8-29)26(38-28(42)27-21(15-43-39-27)17-1-2-17)22-14-40-23(36-22)10-20(13-35-40)25(18-3-4-18)37-24(41)9-16-11-30(33,34)12-16/h10,13-19,25-26H,1-9,11-12H2,(H,37,41)(H,38,42)/t25-,26?/m1/s1. The topological polar surface area (TPSA) is 114 Å². The largest absolute Gasteiger partial charge is 0.364 e. The second kappa shape index (κ2) is 10.6. The molecule has 4 saturated carbocycles. The lowest BCUT2D eigenvalue weighted by molar-refractivity contribution is -0.134. The Morgan fingerprint density at radius 3 is 2.37 bits per heavy atom. The minimum absolute atomic E-state index is 0.0673. The van der Waals surface area contributed by atoms with Gasteiger partial charge in [0.1, 0.15) is 6.26 Å². The van der Waals surface area contributed by atoms with E-state index in [1.165, 1.54) is 6.26 Å². The van der Waals surface area contributed by atoms with Crippen LogP contribution in [-0.4, -0.2) is 43.4 Å². The normalized spacial score (nSPS) is 23.4. The van der Waals surface area contributed by atoms with Crippen LogP contribution in [0.4, 0.5) is 17.6 Å². The van der Waals surface area contributed by atoms with Crippen molar-refractivity contribution in [2.24, 2.45) is 17.8 Å². The van der Waals surface area contributed by atoms with Crippen LogP contribution in [-0.2, 0) is 4.79 Å². The van der Waals surface area contributed by atoms with E-state index in [9.17, 15) is 27.2 Å². The van der Waals surface area contributed by atoms with Crippen LogP contribution in [0.2, 0.25) is 0 Å². The highest BCUT2D eigenvalue weighted by molar-refractivity contribution is 5.94. The lowest BCUT2D eigenvalue weighted by Crippen LogP contribution is -2.39. The zero-order valence-corrected chi connectivity index (χ0v) is 23.6. The minimum Gasteiger partial charge on any atom is -0.364 e. The van der Waals surface area contributed by atoms with Crippen LogP contribution >= 0.6 is 0 Å². The Labute approximate surface area is 245 Å². The molecule has 13 heteroatoms. The molecule has 43 heavy (non-hydrogen) atoms. The number of halogens is 4. The zero-order chi connectivity index (χ0) is 29.9. The molecule has 9 nitrogen and oxygen atoms in total. The molecule has 3 aromatic rings. The molecule has 0 aromatic carbocycles. The van der Waals surface area contributed by atoms with Gasteiger partial charge < -0.3 is 15.2 Å². The number of nitrogens with one attached hydrogen (secondary N) is 2. The molecule has 4 aliphatic carbocycles. The molecule has 230 valence electrons. The summed E-state index contributed by atoms with van der Waals surface area (Å²) in [5.41, 5.74) is 2.72. The highest BCUT2D eigenvalue weighted by atomic mass is 19.3. The molecule has 0 spiro atoms. The molecule has 3 heterocycles. The summed E-state index contributed by atoms with van der Waals surface area (Å²) in [4.78, 5) is 30.9. The van der Waals surface area contributed by atoms with Gasteiger partial charge in [-0.1, -0.05) is 5.16 Å². The lowest BCUT2D eigenvalue weighted by Gasteiger charge is -2.34. The second-order valence-corrected chi connectivity index (χ2v) is 13.0. The van der Waals surface area contributed by atoms with E-state index in [-0.39, 0.29) is 86.3 Å². The van der Waals surface area contributed by atoms with Crippen LogP contribution in [0.25, 0.3) is 5.65 Å². The summed E-state index contributed by atoms with van der Waals surface area (Å²) in [5, 5.41) is 14.5. The Morgan fingerprint density at radius 2 is 1.70 bits per heavy atom. The molecule has 0 bridgehead atoms. The van der Waals surface area contributed by atoms with E-state index in [1.807, 2.05) is 6.07 Å². The Morgan fingerprint density at radius 1 is 0.977 bits per heavy atom. The van der Waals surface area contributed by atoms with Crippen LogP contribution in [0.3, 0.4) is 0 Å². The quantitative estimate of drug-likeness (QED) is 0.280. The van der Waals surface area contributed by atoms with E-state index in [0.717, 1.165) is 36.8 Å². The van der Waals surface area contributed by atoms with Crippen molar-refractivity contribution in [3.63, 3.8) is 0 Å². The Kier molecular flexibility index (Phi) is 6.96. The van der Waals surface area contributed by atoms with Gasteiger partial charge >= 0.3 is 0 Å². The SMILES string of the molecule is O=C(CC1CC(F)(F)C1)N[C@@H](c1cnn2cc(C(NC(=O)c3nocc3C3CC3)C3CCC(F)(F)CC3)nc2c1)C1CC1. The van der Waals surface area contributed by atoms with Crippen LogP contribution < -0.4 is 10.6 Å². The molecular weight excluding hydrogens is 568 g/mol. The molecule has 0 aliphatic heterocycles. The molecule has 0 radical (unpaired) electrons. The second-order valence-electron chi connectivity index (χ2n) is 13.0. The molecule has 3 aromatic heterocycles. The van der Waals surface area contributed by atoms with E-state index in [1.54, 1.807) is 16.9 Å². The number of fused-ring (bicyclic) bond motifs is 1. The van der Waals surface area contributed by atoms with Gasteiger partial charge in [-0.25, -0.2) is 27.1 Å². The summed E-state index contributed by atoms with van der Waals surface area (Å²) in [7, 11) is 0. The summed E-state index contributed by atoms with van der Waals surface area (Å²) < 4.78 is 61.3. The number of hydrogen-bond acceptors (Lipinski definition) is 6. The molecule has 4 aliphatic rings. The number of amides is 2. The summed E-state index contributed by atoms with van der Waals surface area (Å²) in [6, 6.07) is 0.875. The fourth-order valence-corrected chi connectivity index (χ4v) is 6.70. The van der Waals surface area contributed by atoms with Gasteiger partial charge in [0.05, 0.1) is 30.2 Å². The van der Waals surface area contributed by atoms with Crippen molar-refractivity contribution in [1.29, 1.82) is 0 Å². The first-order chi connectivity index (χ1) is 20.5. The number of alkyl halides is 4. The number of carbonyl (C=O) groups is 2. The average molecular weight is 603 g/mol. The number of aromatic nitrogens is 4. The third-order valence-electron chi connectivity index (χ3n) is 9.45. The number of rotatable bonds is 10. The Bertz CT molecular complexity index is 1510. The summed E-state index contributed by atoms with van der Waals surface area (Å²) >= 11 is 0. The van der Waals surface area contributed by atoms with Crippen molar-refractivity contribution in [3.05, 3.63) is 47.2 Å². The number of nitrogens with zero attached hydrogens (tertiary/aromatic N) is 4. The van der Waals surface area contributed by atoms with E-state index >= 15 is 0 Å². The molecule has 2 atom stereocenters. The monoisotopic (exact) mass is 602 g/mol. The first kappa shape index (κ1) is 28.3. The van der Waals surface area contributed by atoms with Crippen molar-refractivity contribution >= 4 is 17.5 Å². The highest BCUT2D eigenvalue weighted by Crippen LogP contribution is 2.46. The molecule has 7 rings (SSSR count). The van der Waals surface area contributed by atoms with Crippen LogP contribution in [0, 0.1) is 17.8 Å². The van der Waals surface area contributed by atoms with Gasteiger partial charge in [0, 0.05) is 37.7 Å². The van der Waals surface area contributed by atoms with Crippen LogP contribution in [0.1, 0.15) is 116 Å². The molecule has 2 amide bonds. The summed E-state index contributed by atoms with van der Waals surface area (Å²) in [6.45, 7) is 0. The van der Waals surface area contributed by atoms with Gasteiger partial charge in [-0.15, -0.1) is 0 Å². The van der Waals surface area contributed by atoms with Gasteiger partial charge in [0.15, 0.2) is 11.3 Å². The van der Waals surface area contributed by atoms with Gasteiger partial charge in [0.2, 0.25) is 17.8 Å². The van der Waals surface area contributed by atoms with Gasteiger partial charge in [0.25, 0.3) is 5.91 Å². The van der Waals surface area contributed by atoms with Crippen molar-refractivity contribution in [3.8, 4) is 0 Å². The third kappa shape index (κ3) is 6.12. The number of imidazole rings is 1. The Balaban J connectivity index is 1.12. The summed E-state index contributed by atoms with van der Waals surface area (Å²) in [6.07, 6.45) is 8.11. The van der Waals surface area contributed by atoms with Crippen molar-refractivity contribution < 1.29 is 31.7 Å². The fourth-order valence-electron chi connectivity index (χ4n) is 6.70.